The molecule has 1 N–H and O–H groups in total. The van der Waals surface area contributed by atoms with Gasteiger partial charge in [0.1, 0.15) is 18.1 Å². The molecule has 0 unspecified atom stereocenters. The molecule has 10 heteroatoms. The van der Waals surface area contributed by atoms with E-state index in [4.69, 9.17) is 25.5 Å². The van der Waals surface area contributed by atoms with E-state index in [0.29, 0.717) is 11.4 Å². The molecular weight excluding hydrogens is 589 g/mol. The molecule has 3 aromatic rings. The van der Waals surface area contributed by atoms with Crippen LogP contribution in [0.2, 0.25) is 0 Å². The zero-order valence-corrected chi connectivity index (χ0v) is 23.5. The van der Waals surface area contributed by atoms with Gasteiger partial charge in [0.25, 0.3) is 0 Å². The number of aromatic hydroxyl groups is 1. The first kappa shape index (κ1) is 28.7. The van der Waals surface area contributed by atoms with Crippen LogP contribution in [0.15, 0.2) is 58.6 Å². The van der Waals surface area contributed by atoms with Gasteiger partial charge in [-0.25, -0.2) is 0 Å². The summed E-state index contributed by atoms with van der Waals surface area (Å²) in [5.74, 6) is 0.747. The van der Waals surface area contributed by atoms with Crippen molar-refractivity contribution in [3.05, 3.63) is 85.1 Å². The fourth-order valence-electron chi connectivity index (χ4n) is 3.17. The van der Waals surface area contributed by atoms with E-state index < -0.39 is 29.9 Å². The molecule has 0 aliphatic carbocycles. The Balaban J connectivity index is 0.000000945. The molecule has 183 valence electrons. The number of hydrogen-bond donors (Lipinski definition) is 1. The van der Waals surface area contributed by atoms with Crippen LogP contribution in [0.5, 0.6) is 5.75 Å². The van der Waals surface area contributed by atoms with Gasteiger partial charge in [-0.15, -0.1) is 0 Å². The van der Waals surface area contributed by atoms with Crippen molar-refractivity contribution in [3.8, 4) is 17.1 Å². The van der Waals surface area contributed by atoms with E-state index in [0.717, 1.165) is 11.6 Å². The van der Waals surface area contributed by atoms with Gasteiger partial charge in [0.2, 0.25) is 0 Å². The Morgan fingerprint density at radius 2 is 1.62 bits per heavy atom. The third kappa shape index (κ3) is 7.48. The van der Waals surface area contributed by atoms with Gasteiger partial charge in [-0.2, -0.15) is 13.2 Å². The quantitative estimate of drug-likeness (QED) is 0.135. The maximum atomic E-state index is 13.4. The fourth-order valence-corrected chi connectivity index (χ4v) is 3.17. The first-order chi connectivity index (χ1) is 15.6. The van der Waals surface area contributed by atoms with Crippen LogP contribution in [-0.4, -0.2) is 16.4 Å². The summed E-state index contributed by atoms with van der Waals surface area (Å²) in [5, 5.41) is 10.3. The molecule has 2 aromatic carbocycles. The van der Waals surface area contributed by atoms with Crippen molar-refractivity contribution in [2.75, 3.05) is 0 Å². The van der Waals surface area contributed by atoms with Crippen molar-refractivity contribution in [1.82, 2.24) is 0 Å². The van der Waals surface area contributed by atoms with E-state index in [1.54, 1.807) is 30.8 Å². The summed E-state index contributed by atoms with van der Waals surface area (Å²) in [6.07, 6.45) is -4.48. The number of phenols is 1. The van der Waals surface area contributed by atoms with Gasteiger partial charge in [-0.3, -0.25) is 4.58 Å². The molecule has 0 aliphatic rings. The Labute approximate surface area is 216 Å². The molecule has 1 heterocycles. The summed E-state index contributed by atoms with van der Waals surface area (Å²) >= 11 is -2.13. The molecule has 3 nitrogen and oxygen atoms in total. The molecule has 34 heavy (non-hydrogen) atoms. The molecule has 1 aromatic heterocycles. The monoisotopic (exact) mass is 610 g/mol. The summed E-state index contributed by atoms with van der Waals surface area (Å²) in [4.78, 5) is 0. The number of hydrogen-bond acceptors (Lipinski definition) is 1. The molecule has 0 saturated carbocycles. The minimum atomic E-state index is -4.48. The number of benzene rings is 2. The Hall–Kier alpha value is -1.53. The number of halogens is 6. The molecule has 0 spiro atoms. The normalized spacial score (nSPS) is 11.4. The summed E-state index contributed by atoms with van der Waals surface area (Å²) < 4.78 is 44.0. The Kier molecular flexibility index (Phi) is 9.69. The molecule has 0 fully saturated rings. The predicted molar refractivity (Wildman–Crippen MR) is 129 cm³/mol. The zero-order chi connectivity index (χ0) is 25.8. The van der Waals surface area contributed by atoms with Crippen LogP contribution < -0.4 is 0 Å². The van der Waals surface area contributed by atoms with Crippen LogP contribution in [0.1, 0.15) is 37.7 Å². The molecule has 0 amide bonds. The zero-order valence-electron chi connectivity index (χ0n) is 18.8. The molecule has 0 bridgehead atoms. The van der Waals surface area contributed by atoms with Crippen molar-refractivity contribution in [3.63, 3.8) is 0 Å². The molecular formula is C24H24Cl3F3NO2Zr. The molecule has 3 rings (SSSR count). The van der Waals surface area contributed by atoms with Crippen molar-refractivity contribution in [1.29, 1.82) is 0 Å². The molecule has 0 aliphatic heterocycles. The number of phenolic OH excluding ortho intramolecular Hbond substituents is 1. The molecule has 0 saturated heterocycles. The predicted octanol–water partition coefficient (Wildman–Crippen LogP) is 8.92. The van der Waals surface area contributed by atoms with Crippen LogP contribution in [0.25, 0.3) is 11.3 Å². The van der Waals surface area contributed by atoms with E-state index in [-0.39, 0.29) is 22.5 Å². The van der Waals surface area contributed by atoms with Gasteiger partial charge in [0, 0.05) is 5.56 Å². The number of rotatable bonds is 4. The van der Waals surface area contributed by atoms with Crippen LogP contribution in [0.4, 0.5) is 18.9 Å². The van der Waals surface area contributed by atoms with Crippen molar-refractivity contribution in [2.45, 2.75) is 32.4 Å². The maximum absolute atomic E-state index is 13.4. The molecule has 0 atom stereocenters. The number of nitrogens with zero attached hydrogens (tertiary/aromatic N) is 1. The van der Waals surface area contributed by atoms with Crippen molar-refractivity contribution >= 4 is 37.9 Å². The fraction of sp³-hybridized carbons (Fsp3) is 0.208. The Bertz CT molecular complexity index is 1150. The van der Waals surface area contributed by atoms with Gasteiger partial charge in [-0.05, 0) is 23.1 Å². The van der Waals surface area contributed by atoms with Crippen LogP contribution >= 0.6 is 25.5 Å². The first-order valence-electron chi connectivity index (χ1n) is 9.87. The second kappa shape index (κ2) is 11.5. The van der Waals surface area contributed by atoms with Gasteiger partial charge in [0.05, 0.1) is 19.4 Å². The summed E-state index contributed by atoms with van der Waals surface area (Å²) in [6.45, 7) is 11.7. The topological polar surface area (TPSA) is 25.9 Å². The SMILES string of the molecule is C=[N+]([CH-]c1ccc(-c2ccccc2C(F)(F)F)[o+]1[CH2-])c1cc(C(C)(C)C)ccc1O.[Cl][Zr]([Cl])[Cl]. The van der Waals surface area contributed by atoms with Gasteiger partial charge in [0.15, 0.2) is 11.4 Å². The second-order valence-electron chi connectivity index (χ2n) is 8.30. The van der Waals surface area contributed by atoms with Gasteiger partial charge in [-0.1, -0.05) is 63.2 Å². The van der Waals surface area contributed by atoms with E-state index in [1.165, 1.54) is 16.7 Å². The number of furan rings is 1. The van der Waals surface area contributed by atoms with Crippen LogP contribution in [-0.2, 0) is 29.8 Å². The average Bonchev–Trinajstić information content (AvgIpc) is 3.06. The summed E-state index contributed by atoms with van der Waals surface area (Å²) in [5.41, 5.74) is 0.627. The molecule has 0 radical (unpaired) electrons. The average molecular weight is 613 g/mol. The Morgan fingerprint density at radius 1 is 1.03 bits per heavy atom. The van der Waals surface area contributed by atoms with Gasteiger partial charge < -0.3 is 9.15 Å². The minimum absolute atomic E-state index is 0.0119. The summed E-state index contributed by atoms with van der Waals surface area (Å²) in [6, 6.07) is 13.8. The van der Waals surface area contributed by atoms with E-state index >= 15 is 0 Å². The first-order valence-corrected chi connectivity index (χ1v) is 19.4. The second-order valence-corrected chi connectivity index (χ2v) is 19.5. The third-order valence-corrected chi connectivity index (χ3v) is 4.88. The van der Waals surface area contributed by atoms with Crippen molar-refractivity contribution < 1.29 is 45.1 Å². The van der Waals surface area contributed by atoms with E-state index in [9.17, 15) is 18.3 Å². The third-order valence-electron chi connectivity index (χ3n) is 4.88. The number of alkyl halides is 3. The van der Waals surface area contributed by atoms with Crippen LogP contribution in [0.3, 0.4) is 0 Å². The van der Waals surface area contributed by atoms with Gasteiger partial charge >= 0.3 is 49.9 Å². The van der Waals surface area contributed by atoms with E-state index in [2.05, 4.69) is 38.6 Å². The van der Waals surface area contributed by atoms with Crippen molar-refractivity contribution in [2.24, 2.45) is 0 Å². The van der Waals surface area contributed by atoms with E-state index in [1.807, 2.05) is 12.1 Å². The Morgan fingerprint density at radius 3 is 2.18 bits per heavy atom. The van der Waals surface area contributed by atoms with Crippen LogP contribution in [0, 0.1) is 13.7 Å². The standard InChI is InChI=1S/C24H24F3NO2.3ClH.Zr/c1-23(2,3)16-10-12-21(29)20(14-16)28(4)15-17-11-13-22(30(17)5)18-8-6-7-9-19(18)24(25,26)27;;;;/h6-15,29H,4-5H2,1-3H3;3*1H;/q;;;;+3/p-3. The summed E-state index contributed by atoms with van der Waals surface area (Å²) in [7, 11) is 18.8.